The normalized spacial score (nSPS) is 11.5. The summed E-state index contributed by atoms with van der Waals surface area (Å²) in [7, 11) is 0. The van der Waals surface area contributed by atoms with Crippen LogP contribution in [0, 0.1) is 0 Å². The molecule has 136 valence electrons. The van der Waals surface area contributed by atoms with E-state index in [1.54, 1.807) is 6.26 Å². The number of aliphatic hydroxyl groups is 1. The van der Waals surface area contributed by atoms with Gasteiger partial charge < -0.3 is 24.9 Å². The molecule has 0 saturated carbocycles. The summed E-state index contributed by atoms with van der Waals surface area (Å²) in [6.45, 7) is 2.95. The number of furan rings is 1. The van der Waals surface area contributed by atoms with Crippen LogP contribution < -0.4 is 10.6 Å². The average Bonchev–Trinajstić information content (AvgIpc) is 3.15. The van der Waals surface area contributed by atoms with Gasteiger partial charge in [-0.05, 0) is 24.1 Å². The number of aliphatic imine (C=N–C) groups is 1. The minimum atomic E-state index is 0.0350. The molecule has 0 radical (unpaired) electrons. The Bertz CT molecular complexity index is 585. The molecule has 0 fully saturated rings. The largest absolute Gasteiger partial charge is 0.469 e. The molecule has 0 aliphatic carbocycles. The van der Waals surface area contributed by atoms with Gasteiger partial charge in [-0.25, -0.2) is 0 Å². The fraction of sp³-hybridized carbons (Fsp3) is 0.421. The van der Waals surface area contributed by atoms with Crippen LogP contribution >= 0.6 is 0 Å². The van der Waals surface area contributed by atoms with Crippen molar-refractivity contribution in [3.63, 3.8) is 0 Å². The van der Waals surface area contributed by atoms with Crippen molar-refractivity contribution in [2.24, 2.45) is 4.99 Å². The zero-order valence-corrected chi connectivity index (χ0v) is 14.5. The fourth-order valence-corrected chi connectivity index (χ4v) is 2.29. The van der Waals surface area contributed by atoms with Gasteiger partial charge in [0.2, 0.25) is 0 Å². The number of hydrogen-bond acceptors (Lipinski definition) is 4. The molecule has 1 aromatic carbocycles. The molecule has 1 aromatic heterocycles. The number of rotatable bonds is 11. The molecular weight excluding hydrogens is 318 g/mol. The predicted molar refractivity (Wildman–Crippen MR) is 98.8 cm³/mol. The molecule has 2 rings (SSSR count). The number of guanidine groups is 1. The number of nitrogens with zero attached hydrogens (tertiary/aromatic N) is 1. The summed E-state index contributed by atoms with van der Waals surface area (Å²) in [5.74, 6) is 1.71. The summed E-state index contributed by atoms with van der Waals surface area (Å²) < 4.78 is 10.6. The molecule has 3 N–H and O–H groups in total. The average molecular weight is 345 g/mol. The molecule has 1 heterocycles. The molecule has 0 bridgehead atoms. The van der Waals surface area contributed by atoms with Gasteiger partial charge in [-0.1, -0.05) is 30.3 Å². The van der Waals surface area contributed by atoms with Crippen LogP contribution in [-0.4, -0.2) is 50.5 Å². The topological polar surface area (TPSA) is 79.0 Å². The van der Waals surface area contributed by atoms with E-state index in [0.29, 0.717) is 19.8 Å². The first-order chi connectivity index (χ1) is 12.4. The van der Waals surface area contributed by atoms with Gasteiger partial charge in [0.05, 0.1) is 32.6 Å². The van der Waals surface area contributed by atoms with Crippen LogP contribution in [0.2, 0.25) is 0 Å². The van der Waals surface area contributed by atoms with Crippen molar-refractivity contribution < 1.29 is 14.3 Å². The maximum atomic E-state index is 8.71. The molecule has 0 saturated heterocycles. The third-order valence-electron chi connectivity index (χ3n) is 3.53. The van der Waals surface area contributed by atoms with E-state index in [2.05, 4.69) is 27.8 Å². The van der Waals surface area contributed by atoms with Gasteiger partial charge in [0.15, 0.2) is 5.96 Å². The third kappa shape index (κ3) is 8.37. The first kappa shape index (κ1) is 19.0. The van der Waals surface area contributed by atoms with Crippen LogP contribution in [0.4, 0.5) is 0 Å². The van der Waals surface area contributed by atoms with Crippen molar-refractivity contribution in [3.8, 4) is 0 Å². The van der Waals surface area contributed by atoms with E-state index in [0.717, 1.165) is 37.7 Å². The standard InChI is InChI=1S/C19H27N3O3/c23-13-16-24-15-12-22-19(21-11-9-18-7-4-14-25-18)20-10-8-17-5-2-1-3-6-17/h1-7,14,23H,8-13,15-16H2,(H2,20,21,22). The summed E-state index contributed by atoms with van der Waals surface area (Å²) in [4.78, 5) is 4.50. The van der Waals surface area contributed by atoms with Gasteiger partial charge >= 0.3 is 0 Å². The molecule has 6 heteroatoms. The zero-order chi connectivity index (χ0) is 17.6. The summed E-state index contributed by atoms with van der Waals surface area (Å²) in [5.41, 5.74) is 1.29. The second kappa shape index (κ2) is 12.1. The monoisotopic (exact) mass is 345 g/mol. The SMILES string of the molecule is OCCOCCN=C(NCCc1ccccc1)NCCc1ccco1. The van der Waals surface area contributed by atoms with E-state index in [-0.39, 0.29) is 6.61 Å². The summed E-state index contributed by atoms with van der Waals surface area (Å²) in [6, 6.07) is 14.2. The number of ether oxygens (including phenoxy) is 1. The Morgan fingerprint density at radius 2 is 1.80 bits per heavy atom. The zero-order valence-electron chi connectivity index (χ0n) is 14.5. The van der Waals surface area contributed by atoms with Gasteiger partial charge in [0.1, 0.15) is 5.76 Å². The smallest absolute Gasteiger partial charge is 0.191 e. The van der Waals surface area contributed by atoms with Gasteiger partial charge in [-0.15, -0.1) is 0 Å². The summed E-state index contributed by atoms with van der Waals surface area (Å²) in [6.07, 6.45) is 3.41. The summed E-state index contributed by atoms with van der Waals surface area (Å²) >= 11 is 0. The lowest BCUT2D eigenvalue weighted by atomic mass is 10.1. The second-order valence-electron chi connectivity index (χ2n) is 5.48. The molecule has 25 heavy (non-hydrogen) atoms. The highest BCUT2D eigenvalue weighted by molar-refractivity contribution is 5.79. The van der Waals surface area contributed by atoms with Crippen molar-refractivity contribution >= 4 is 5.96 Å². The Hall–Kier alpha value is -2.31. The van der Waals surface area contributed by atoms with Gasteiger partial charge in [0.25, 0.3) is 0 Å². The molecule has 0 atom stereocenters. The molecular formula is C19H27N3O3. The van der Waals surface area contributed by atoms with Crippen molar-refractivity contribution in [2.75, 3.05) is 39.5 Å². The molecule has 0 aliphatic heterocycles. The Morgan fingerprint density at radius 1 is 1.00 bits per heavy atom. The van der Waals surface area contributed by atoms with Crippen LogP contribution in [-0.2, 0) is 17.6 Å². The van der Waals surface area contributed by atoms with E-state index in [1.165, 1.54) is 5.56 Å². The molecule has 0 unspecified atom stereocenters. The van der Waals surface area contributed by atoms with E-state index >= 15 is 0 Å². The van der Waals surface area contributed by atoms with Crippen molar-refractivity contribution in [1.29, 1.82) is 0 Å². The lowest BCUT2D eigenvalue weighted by Crippen LogP contribution is -2.39. The minimum Gasteiger partial charge on any atom is -0.469 e. The molecule has 2 aromatic rings. The van der Waals surface area contributed by atoms with E-state index in [1.807, 2.05) is 30.3 Å². The maximum Gasteiger partial charge on any atom is 0.191 e. The van der Waals surface area contributed by atoms with Gasteiger partial charge in [-0.3, -0.25) is 4.99 Å². The highest BCUT2D eigenvalue weighted by atomic mass is 16.5. The first-order valence-electron chi connectivity index (χ1n) is 8.65. The van der Waals surface area contributed by atoms with Crippen LogP contribution in [0.3, 0.4) is 0 Å². The van der Waals surface area contributed by atoms with Crippen molar-refractivity contribution in [2.45, 2.75) is 12.8 Å². The lowest BCUT2D eigenvalue weighted by molar-refractivity contribution is 0.0977. The van der Waals surface area contributed by atoms with E-state index in [9.17, 15) is 0 Å². The van der Waals surface area contributed by atoms with E-state index in [4.69, 9.17) is 14.3 Å². The van der Waals surface area contributed by atoms with E-state index < -0.39 is 0 Å². The molecule has 0 amide bonds. The van der Waals surface area contributed by atoms with Crippen molar-refractivity contribution in [3.05, 3.63) is 60.1 Å². The Morgan fingerprint density at radius 3 is 2.52 bits per heavy atom. The summed E-state index contributed by atoms with van der Waals surface area (Å²) in [5, 5.41) is 15.4. The quantitative estimate of drug-likeness (QED) is 0.328. The minimum absolute atomic E-state index is 0.0350. The lowest BCUT2D eigenvalue weighted by Gasteiger charge is -2.12. The number of hydrogen-bond donors (Lipinski definition) is 3. The van der Waals surface area contributed by atoms with Crippen molar-refractivity contribution in [1.82, 2.24) is 10.6 Å². The van der Waals surface area contributed by atoms with Crippen LogP contribution in [0.25, 0.3) is 0 Å². The highest BCUT2D eigenvalue weighted by Crippen LogP contribution is 2.00. The highest BCUT2D eigenvalue weighted by Gasteiger charge is 2.01. The third-order valence-corrected chi connectivity index (χ3v) is 3.53. The fourth-order valence-electron chi connectivity index (χ4n) is 2.29. The maximum absolute atomic E-state index is 8.71. The van der Waals surface area contributed by atoms with Gasteiger partial charge in [0, 0.05) is 19.5 Å². The number of aliphatic hydroxyl groups excluding tert-OH is 1. The van der Waals surface area contributed by atoms with Gasteiger partial charge in [-0.2, -0.15) is 0 Å². The number of nitrogens with one attached hydrogen (secondary N) is 2. The Kier molecular flexibility index (Phi) is 9.21. The first-order valence-corrected chi connectivity index (χ1v) is 8.65. The molecule has 6 nitrogen and oxygen atoms in total. The van der Waals surface area contributed by atoms with Crippen LogP contribution in [0.5, 0.6) is 0 Å². The predicted octanol–water partition coefficient (Wildman–Crippen LogP) is 1.61. The Labute approximate surface area is 148 Å². The molecule has 0 spiro atoms. The Balaban J connectivity index is 1.74. The van der Waals surface area contributed by atoms with Crippen LogP contribution in [0.15, 0.2) is 58.1 Å². The number of benzene rings is 1. The molecule has 0 aliphatic rings. The van der Waals surface area contributed by atoms with Crippen LogP contribution in [0.1, 0.15) is 11.3 Å². The second-order valence-corrected chi connectivity index (χ2v) is 5.48.